The molecule has 1 aromatic carbocycles. The molecule has 0 amide bonds. The van der Waals surface area contributed by atoms with Crippen molar-refractivity contribution in [3.05, 3.63) is 34.9 Å². The van der Waals surface area contributed by atoms with Crippen LogP contribution in [0.15, 0.2) is 18.2 Å². The molecule has 0 radical (unpaired) electrons. The van der Waals surface area contributed by atoms with E-state index >= 15 is 0 Å². The second kappa shape index (κ2) is 4.07. The van der Waals surface area contributed by atoms with Crippen LogP contribution in [0.2, 0.25) is 0 Å². The van der Waals surface area contributed by atoms with Crippen LogP contribution in [0.4, 0.5) is 17.6 Å². The highest BCUT2D eigenvalue weighted by atomic mass is 19.4. The number of alkyl halides is 4. The molecule has 0 nitrogen and oxygen atoms in total. The highest BCUT2D eigenvalue weighted by Crippen LogP contribution is 2.34. The Morgan fingerprint density at radius 3 is 1.81 bits per heavy atom. The monoisotopic (exact) mass is 234 g/mol. The average molecular weight is 234 g/mol. The van der Waals surface area contributed by atoms with Crippen molar-refractivity contribution < 1.29 is 17.6 Å². The summed E-state index contributed by atoms with van der Waals surface area (Å²) >= 11 is 0. The van der Waals surface area contributed by atoms with Gasteiger partial charge in [-0.05, 0) is 28.7 Å². The third-order valence-electron chi connectivity index (χ3n) is 2.34. The number of rotatable bonds is 1. The van der Waals surface area contributed by atoms with E-state index in [1.54, 1.807) is 20.8 Å². The third-order valence-corrected chi connectivity index (χ3v) is 2.34. The molecule has 0 aromatic heterocycles. The molecule has 1 aromatic rings. The first-order valence-electron chi connectivity index (χ1n) is 4.92. The summed E-state index contributed by atoms with van der Waals surface area (Å²) in [7, 11) is 0. The van der Waals surface area contributed by atoms with Crippen molar-refractivity contribution >= 4 is 0 Å². The minimum atomic E-state index is -4.43. The van der Waals surface area contributed by atoms with Crippen molar-refractivity contribution in [1.29, 1.82) is 0 Å². The lowest BCUT2D eigenvalue weighted by molar-refractivity contribution is -0.137. The van der Waals surface area contributed by atoms with E-state index in [1.807, 2.05) is 0 Å². The summed E-state index contributed by atoms with van der Waals surface area (Å²) in [6.45, 7) is 4.51. The first-order valence-corrected chi connectivity index (χ1v) is 4.92. The fourth-order valence-corrected chi connectivity index (χ4v) is 1.37. The molecule has 0 saturated heterocycles. The van der Waals surface area contributed by atoms with Crippen LogP contribution in [0.3, 0.4) is 0 Å². The largest absolute Gasteiger partial charge is 0.416 e. The van der Waals surface area contributed by atoms with Crippen LogP contribution in [-0.4, -0.2) is 0 Å². The zero-order valence-corrected chi connectivity index (χ0v) is 9.45. The molecule has 0 aliphatic carbocycles. The SMILES string of the molecule is CC(C)(C)c1cc(CF)cc(C(F)(F)F)c1. The van der Waals surface area contributed by atoms with E-state index < -0.39 is 23.8 Å². The Labute approximate surface area is 92.3 Å². The average Bonchev–Trinajstić information content (AvgIpc) is 2.14. The predicted molar refractivity (Wildman–Crippen MR) is 55.0 cm³/mol. The summed E-state index contributed by atoms with van der Waals surface area (Å²) in [5.41, 5.74) is -0.646. The first-order chi connectivity index (χ1) is 7.14. The van der Waals surface area contributed by atoms with Gasteiger partial charge in [0.05, 0.1) is 5.56 Å². The van der Waals surface area contributed by atoms with Crippen molar-refractivity contribution in [3.8, 4) is 0 Å². The Balaban J connectivity index is 3.33. The van der Waals surface area contributed by atoms with Gasteiger partial charge in [-0.25, -0.2) is 4.39 Å². The fourth-order valence-electron chi connectivity index (χ4n) is 1.37. The maximum atomic E-state index is 12.5. The van der Waals surface area contributed by atoms with E-state index in [4.69, 9.17) is 0 Å². The fraction of sp³-hybridized carbons (Fsp3) is 0.500. The Hall–Kier alpha value is -1.06. The maximum Gasteiger partial charge on any atom is 0.416 e. The predicted octanol–water partition coefficient (Wildman–Crippen LogP) is 4.47. The summed E-state index contributed by atoms with van der Waals surface area (Å²) in [5, 5.41) is 0. The van der Waals surface area contributed by atoms with Gasteiger partial charge in [-0.15, -0.1) is 0 Å². The van der Waals surface area contributed by atoms with Crippen LogP contribution in [-0.2, 0) is 18.3 Å². The highest BCUT2D eigenvalue weighted by Gasteiger charge is 2.32. The zero-order valence-electron chi connectivity index (χ0n) is 9.45. The van der Waals surface area contributed by atoms with Crippen LogP contribution in [0, 0.1) is 0 Å². The number of halogens is 4. The van der Waals surface area contributed by atoms with Gasteiger partial charge >= 0.3 is 6.18 Å². The van der Waals surface area contributed by atoms with Crippen LogP contribution < -0.4 is 0 Å². The van der Waals surface area contributed by atoms with E-state index in [1.165, 1.54) is 6.07 Å². The summed E-state index contributed by atoms with van der Waals surface area (Å²) in [6.07, 6.45) is -4.43. The number of benzene rings is 1. The molecular weight excluding hydrogens is 220 g/mol. The molecule has 0 atom stereocenters. The summed E-state index contributed by atoms with van der Waals surface area (Å²) < 4.78 is 50.1. The molecular formula is C12H14F4. The van der Waals surface area contributed by atoms with E-state index in [0.717, 1.165) is 12.1 Å². The van der Waals surface area contributed by atoms with Crippen LogP contribution in [0.25, 0.3) is 0 Å². The Kier molecular flexibility index (Phi) is 3.31. The summed E-state index contributed by atoms with van der Waals surface area (Å²) in [6, 6.07) is 3.42. The van der Waals surface area contributed by atoms with Crippen LogP contribution >= 0.6 is 0 Å². The third kappa shape index (κ3) is 2.97. The van der Waals surface area contributed by atoms with E-state index in [2.05, 4.69) is 0 Å². The normalized spacial score (nSPS) is 12.9. The van der Waals surface area contributed by atoms with Gasteiger partial charge in [-0.1, -0.05) is 26.8 Å². The Morgan fingerprint density at radius 1 is 0.938 bits per heavy atom. The quantitative estimate of drug-likeness (QED) is 0.629. The molecule has 16 heavy (non-hydrogen) atoms. The lowest BCUT2D eigenvalue weighted by Gasteiger charge is -2.21. The maximum absolute atomic E-state index is 12.5. The van der Waals surface area contributed by atoms with Gasteiger partial charge in [0, 0.05) is 0 Å². The van der Waals surface area contributed by atoms with Gasteiger partial charge in [0.25, 0.3) is 0 Å². The van der Waals surface area contributed by atoms with Crippen molar-refractivity contribution in [2.45, 2.75) is 39.0 Å². The second-order valence-corrected chi connectivity index (χ2v) is 4.80. The Bertz CT molecular complexity index is 339. The van der Waals surface area contributed by atoms with Crippen molar-refractivity contribution in [3.63, 3.8) is 0 Å². The minimum absolute atomic E-state index is 0.0692. The molecule has 1 rings (SSSR count). The molecule has 0 N–H and O–H groups in total. The summed E-state index contributed by atoms with van der Waals surface area (Å²) in [5.74, 6) is 0. The topological polar surface area (TPSA) is 0 Å². The smallest absolute Gasteiger partial charge is 0.246 e. The van der Waals surface area contributed by atoms with Gasteiger partial charge in [-0.2, -0.15) is 13.2 Å². The second-order valence-electron chi connectivity index (χ2n) is 4.80. The van der Waals surface area contributed by atoms with Crippen molar-refractivity contribution in [2.24, 2.45) is 0 Å². The zero-order chi connectivity index (χ0) is 12.6. The molecule has 4 heteroatoms. The molecule has 0 bridgehead atoms. The van der Waals surface area contributed by atoms with E-state index in [0.29, 0.717) is 5.56 Å². The summed E-state index contributed by atoms with van der Waals surface area (Å²) in [4.78, 5) is 0. The van der Waals surface area contributed by atoms with Gasteiger partial charge in [0.1, 0.15) is 6.67 Å². The minimum Gasteiger partial charge on any atom is -0.246 e. The first kappa shape index (κ1) is 13.0. The van der Waals surface area contributed by atoms with Gasteiger partial charge in [0.15, 0.2) is 0 Å². The number of hydrogen-bond donors (Lipinski definition) is 0. The number of hydrogen-bond acceptors (Lipinski definition) is 0. The molecule has 90 valence electrons. The molecule has 0 spiro atoms. The molecule has 0 aliphatic rings. The van der Waals surface area contributed by atoms with Crippen molar-refractivity contribution in [1.82, 2.24) is 0 Å². The lowest BCUT2D eigenvalue weighted by atomic mass is 9.85. The van der Waals surface area contributed by atoms with E-state index in [-0.39, 0.29) is 5.56 Å². The van der Waals surface area contributed by atoms with Gasteiger partial charge in [0.2, 0.25) is 0 Å². The Morgan fingerprint density at radius 2 is 1.44 bits per heavy atom. The van der Waals surface area contributed by atoms with Gasteiger partial charge in [-0.3, -0.25) is 0 Å². The van der Waals surface area contributed by atoms with E-state index in [9.17, 15) is 17.6 Å². The van der Waals surface area contributed by atoms with Gasteiger partial charge < -0.3 is 0 Å². The molecule has 0 aliphatic heterocycles. The molecule has 0 saturated carbocycles. The standard InChI is InChI=1S/C12H14F4/c1-11(2,3)9-4-8(7-13)5-10(6-9)12(14,15)16/h4-6H,7H2,1-3H3. The van der Waals surface area contributed by atoms with Crippen molar-refractivity contribution in [2.75, 3.05) is 0 Å². The molecule has 0 fully saturated rings. The van der Waals surface area contributed by atoms with Crippen LogP contribution in [0.1, 0.15) is 37.5 Å². The molecule has 0 heterocycles. The lowest BCUT2D eigenvalue weighted by Crippen LogP contribution is -2.14. The molecule has 0 unspecified atom stereocenters. The van der Waals surface area contributed by atoms with Crippen LogP contribution in [0.5, 0.6) is 0 Å². The highest BCUT2D eigenvalue weighted by molar-refractivity contribution is 5.35.